The van der Waals surface area contributed by atoms with Crippen molar-refractivity contribution in [1.82, 2.24) is 19.7 Å². The monoisotopic (exact) mass is 359 g/mol. The van der Waals surface area contributed by atoms with Gasteiger partial charge in [-0.15, -0.1) is 0 Å². The smallest absolute Gasteiger partial charge is 0.280 e. The summed E-state index contributed by atoms with van der Waals surface area (Å²) in [4.78, 5) is 15.3. The Morgan fingerprint density at radius 1 is 1.19 bits per heavy atom. The summed E-state index contributed by atoms with van der Waals surface area (Å²) in [6, 6.07) is 5.90. The van der Waals surface area contributed by atoms with E-state index < -0.39 is 0 Å². The summed E-state index contributed by atoms with van der Waals surface area (Å²) in [5.41, 5.74) is 2.69. The van der Waals surface area contributed by atoms with Gasteiger partial charge in [-0.1, -0.05) is 13.3 Å². The van der Waals surface area contributed by atoms with Crippen LogP contribution >= 0.6 is 0 Å². The first-order valence-corrected chi connectivity index (χ1v) is 9.08. The summed E-state index contributed by atoms with van der Waals surface area (Å²) in [7, 11) is 2.10. The van der Waals surface area contributed by atoms with Gasteiger partial charge in [0.15, 0.2) is 0 Å². The first-order valence-electron chi connectivity index (χ1n) is 9.08. The van der Waals surface area contributed by atoms with Gasteiger partial charge in [0.05, 0.1) is 17.0 Å². The van der Waals surface area contributed by atoms with Gasteiger partial charge in [-0.05, 0) is 44.7 Å². The predicted molar refractivity (Wildman–Crippen MR) is 102 cm³/mol. The Morgan fingerprint density at radius 2 is 1.85 bits per heavy atom. The van der Waals surface area contributed by atoms with Crippen LogP contribution in [0.15, 0.2) is 34.2 Å². The van der Waals surface area contributed by atoms with Crippen molar-refractivity contribution in [3.63, 3.8) is 0 Å². The van der Waals surface area contributed by atoms with Gasteiger partial charge in [0.2, 0.25) is 0 Å². The fourth-order valence-electron chi connectivity index (χ4n) is 3.22. The Balaban J connectivity index is 1.97. The molecule has 26 heavy (non-hydrogen) atoms. The summed E-state index contributed by atoms with van der Waals surface area (Å²) in [5.74, 6) is -0.324. The van der Waals surface area contributed by atoms with Crippen LogP contribution in [0.25, 0.3) is 5.69 Å². The minimum atomic E-state index is -0.324. The molecule has 0 spiro atoms. The molecular formula is C19H26FN5O. The number of benzene rings is 1. The number of nitrogens with zero attached hydrogens (tertiary/aromatic N) is 4. The average Bonchev–Trinajstić information content (AvgIpc) is 2.94. The number of hydrogen-bond donors (Lipinski definition) is 1. The molecule has 1 fully saturated rings. The van der Waals surface area contributed by atoms with Crippen molar-refractivity contribution >= 4 is 5.71 Å². The Morgan fingerprint density at radius 3 is 2.46 bits per heavy atom. The maximum atomic E-state index is 13.2. The molecule has 1 aromatic heterocycles. The van der Waals surface area contributed by atoms with E-state index in [0.29, 0.717) is 11.3 Å². The second-order valence-corrected chi connectivity index (χ2v) is 6.77. The van der Waals surface area contributed by atoms with Crippen molar-refractivity contribution in [2.24, 2.45) is 5.10 Å². The van der Waals surface area contributed by atoms with E-state index in [-0.39, 0.29) is 11.4 Å². The predicted octanol–water partition coefficient (Wildman–Crippen LogP) is 2.23. The molecule has 0 unspecified atom stereocenters. The molecule has 1 aliphatic heterocycles. The van der Waals surface area contributed by atoms with Crippen LogP contribution in [0, 0.1) is 5.82 Å². The second kappa shape index (κ2) is 7.86. The van der Waals surface area contributed by atoms with Crippen molar-refractivity contribution in [1.29, 1.82) is 0 Å². The number of hydrazone groups is 1. The normalized spacial score (nSPS) is 16.3. The van der Waals surface area contributed by atoms with Gasteiger partial charge in [-0.25, -0.2) is 9.07 Å². The highest BCUT2D eigenvalue weighted by molar-refractivity contribution is 5.99. The second-order valence-electron chi connectivity index (χ2n) is 6.77. The molecular weight excluding hydrogens is 333 g/mol. The quantitative estimate of drug-likeness (QED) is 0.833. The third kappa shape index (κ3) is 3.88. The Kier molecular flexibility index (Phi) is 5.56. The van der Waals surface area contributed by atoms with E-state index in [9.17, 15) is 9.18 Å². The largest absolute Gasteiger partial charge is 0.303 e. The highest BCUT2D eigenvalue weighted by atomic mass is 19.1. The van der Waals surface area contributed by atoms with Crippen molar-refractivity contribution < 1.29 is 4.39 Å². The van der Waals surface area contributed by atoms with Crippen LogP contribution in [0.2, 0.25) is 0 Å². The Labute approximate surface area is 152 Å². The zero-order valence-corrected chi connectivity index (χ0v) is 15.6. The number of aromatic amines is 1. The van der Waals surface area contributed by atoms with Crippen molar-refractivity contribution in [2.75, 3.05) is 33.2 Å². The van der Waals surface area contributed by atoms with Crippen molar-refractivity contribution in [2.45, 2.75) is 26.7 Å². The number of hydrogen-bond acceptors (Lipinski definition) is 4. The molecule has 0 atom stereocenters. The number of likely N-dealkylation sites (N-methyl/N-ethyl adjacent to an activating group) is 1. The number of H-pyrrole nitrogens is 1. The SMILES string of the molecule is CCCc1[nH]n(-c2ccc(F)cc2)c(=O)c1C(C)=NN1CCN(C)CC1. The van der Waals surface area contributed by atoms with E-state index in [4.69, 9.17) is 5.10 Å². The van der Waals surface area contributed by atoms with Crippen LogP contribution < -0.4 is 5.56 Å². The number of aryl methyl sites for hydroxylation is 1. The molecule has 2 heterocycles. The van der Waals surface area contributed by atoms with Gasteiger partial charge in [0, 0.05) is 31.9 Å². The van der Waals surface area contributed by atoms with E-state index in [1.165, 1.54) is 16.8 Å². The lowest BCUT2D eigenvalue weighted by molar-refractivity contribution is 0.159. The molecule has 6 nitrogen and oxygen atoms in total. The van der Waals surface area contributed by atoms with Crippen LogP contribution in [-0.4, -0.2) is 58.6 Å². The topological polar surface area (TPSA) is 56.6 Å². The highest BCUT2D eigenvalue weighted by Gasteiger charge is 2.19. The summed E-state index contributed by atoms with van der Waals surface area (Å²) in [5, 5.41) is 9.91. The van der Waals surface area contributed by atoms with E-state index in [2.05, 4.69) is 24.0 Å². The van der Waals surface area contributed by atoms with E-state index >= 15 is 0 Å². The summed E-state index contributed by atoms with van der Waals surface area (Å²) in [6.07, 6.45) is 1.67. The number of rotatable bonds is 5. The van der Waals surface area contributed by atoms with Gasteiger partial charge in [0.1, 0.15) is 5.82 Å². The van der Waals surface area contributed by atoms with Crippen LogP contribution in [0.3, 0.4) is 0 Å². The van der Waals surface area contributed by atoms with Gasteiger partial charge in [-0.3, -0.25) is 14.9 Å². The molecule has 140 valence electrons. The van der Waals surface area contributed by atoms with Gasteiger partial charge in [0.25, 0.3) is 5.56 Å². The third-order valence-corrected chi connectivity index (χ3v) is 4.68. The summed E-state index contributed by atoms with van der Waals surface area (Å²) < 4.78 is 14.7. The molecule has 1 aliphatic rings. The van der Waals surface area contributed by atoms with Crippen molar-refractivity contribution in [3.8, 4) is 5.69 Å². The molecule has 0 saturated carbocycles. The fraction of sp³-hybridized carbons (Fsp3) is 0.474. The number of nitrogens with one attached hydrogen (secondary N) is 1. The molecule has 1 aromatic carbocycles. The van der Waals surface area contributed by atoms with E-state index in [1.807, 2.05) is 11.9 Å². The molecule has 0 aliphatic carbocycles. The molecule has 0 bridgehead atoms. The summed E-state index contributed by atoms with van der Waals surface area (Å²) >= 11 is 0. The molecule has 1 saturated heterocycles. The van der Waals surface area contributed by atoms with E-state index in [0.717, 1.165) is 50.4 Å². The fourth-order valence-corrected chi connectivity index (χ4v) is 3.22. The molecule has 0 radical (unpaired) electrons. The van der Waals surface area contributed by atoms with Gasteiger partial charge < -0.3 is 4.90 Å². The van der Waals surface area contributed by atoms with Crippen molar-refractivity contribution in [3.05, 3.63) is 51.7 Å². The minimum absolute atomic E-state index is 0.143. The lowest BCUT2D eigenvalue weighted by Gasteiger charge is -2.30. The van der Waals surface area contributed by atoms with E-state index in [1.54, 1.807) is 12.1 Å². The summed E-state index contributed by atoms with van der Waals surface area (Å²) in [6.45, 7) is 7.60. The first-order chi connectivity index (χ1) is 12.5. The zero-order chi connectivity index (χ0) is 18.7. The van der Waals surface area contributed by atoms with Gasteiger partial charge in [-0.2, -0.15) is 5.10 Å². The third-order valence-electron chi connectivity index (χ3n) is 4.68. The van der Waals surface area contributed by atoms with Crippen LogP contribution in [-0.2, 0) is 6.42 Å². The van der Waals surface area contributed by atoms with Gasteiger partial charge >= 0.3 is 0 Å². The number of halogens is 1. The highest BCUT2D eigenvalue weighted by Crippen LogP contribution is 2.13. The Hall–Kier alpha value is -2.41. The number of aromatic nitrogens is 2. The molecule has 0 amide bonds. The molecule has 7 heteroatoms. The number of piperazine rings is 1. The van der Waals surface area contributed by atoms with Crippen LogP contribution in [0.5, 0.6) is 0 Å². The van der Waals surface area contributed by atoms with Crippen LogP contribution in [0.4, 0.5) is 4.39 Å². The maximum absolute atomic E-state index is 13.2. The lowest BCUT2D eigenvalue weighted by Crippen LogP contribution is -2.42. The molecule has 3 rings (SSSR count). The molecule has 2 aromatic rings. The lowest BCUT2D eigenvalue weighted by atomic mass is 10.1. The average molecular weight is 359 g/mol. The van der Waals surface area contributed by atoms with Crippen LogP contribution in [0.1, 0.15) is 31.5 Å². The maximum Gasteiger partial charge on any atom is 0.280 e. The minimum Gasteiger partial charge on any atom is -0.303 e. The zero-order valence-electron chi connectivity index (χ0n) is 15.6. The first kappa shape index (κ1) is 18.4. The standard InChI is InChI=1S/C19H26FN5O/c1-4-5-17-18(14(2)21-24-12-10-23(3)11-13-24)19(26)25(22-17)16-8-6-15(20)7-9-16/h6-9,22H,4-5,10-13H2,1-3H3. The molecule has 1 N–H and O–H groups in total. The Bertz CT molecular complexity index is 829.